The summed E-state index contributed by atoms with van der Waals surface area (Å²) < 4.78 is 0. The SMILES string of the molecule is CC(C)=CCC/C(C)=C/C=C/C(C)=C/C=C/C(C)=C/C=C/C=C(C)/C=C/C=C(C)/C=C/C=O. The number of aldehydes is 1. The Balaban J connectivity index is 4.66. The fraction of sp³-hybridized carbons (Fsp3) is 0.281. The van der Waals surface area contributed by atoms with E-state index in [0.29, 0.717) is 0 Å². The van der Waals surface area contributed by atoms with Gasteiger partial charge in [0.15, 0.2) is 0 Å². The molecule has 0 aliphatic heterocycles. The Labute approximate surface area is 203 Å². The van der Waals surface area contributed by atoms with Gasteiger partial charge in [-0.1, -0.05) is 125 Å². The zero-order chi connectivity index (χ0) is 24.9. The van der Waals surface area contributed by atoms with Crippen molar-refractivity contribution in [3.63, 3.8) is 0 Å². The van der Waals surface area contributed by atoms with Crippen molar-refractivity contribution in [2.75, 3.05) is 0 Å². The summed E-state index contributed by atoms with van der Waals surface area (Å²) in [6, 6.07) is 0. The van der Waals surface area contributed by atoms with E-state index >= 15 is 0 Å². The average molecular weight is 443 g/mol. The topological polar surface area (TPSA) is 17.1 Å². The Morgan fingerprint density at radius 3 is 1.33 bits per heavy atom. The van der Waals surface area contributed by atoms with Gasteiger partial charge in [-0.2, -0.15) is 0 Å². The summed E-state index contributed by atoms with van der Waals surface area (Å²) in [5, 5.41) is 0. The number of hydrogen-bond acceptors (Lipinski definition) is 1. The quantitative estimate of drug-likeness (QED) is 0.120. The highest BCUT2D eigenvalue weighted by molar-refractivity contribution is 5.65. The van der Waals surface area contributed by atoms with Crippen molar-refractivity contribution in [2.24, 2.45) is 0 Å². The van der Waals surface area contributed by atoms with Gasteiger partial charge in [-0.3, -0.25) is 4.79 Å². The van der Waals surface area contributed by atoms with E-state index < -0.39 is 0 Å². The standard InChI is InChI=1S/C32H42O/c1-27(2)15-10-18-30(5)21-13-23-31(6)22-11-19-28(3)16-8-9-17-29(4)20-12-24-32(7)25-14-26-33/h8-9,11-17,19-26H,10,18H2,1-7H3/b9-8+,19-11+,20-12+,23-13+,25-14+,28-16+,29-17+,30-21+,31-22+,32-24+. The maximum Gasteiger partial charge on any atom is 0.142 e. The van der Waals surface area contributed by atoms with Crippen LogP contribution in [0.1, 0.15) is 61.3 Å². The maximum atomic E-state index is 10.3. The van der Waals surface area contributed by atoms with Crippen LogP contribution in [0.5, 0.6) is 0 Å². The second-order valence-corrected chi connectivity index (χ2v) is 8.43. The molecule has 0 aromatic rings. The molecule has 1 nitrogen and oxygen atoms in total. The van der Waals surface area contributed by atoms with E-state index in [2.05, 4.69) is 96.2 Å². The maximum absolute atomic E-state index is 10.3. The van der Waals surface area contributed by atoms with E-state index in [1.54, 1.807) is 6.08 Å². The number of rotatable bonds is 13. The number of carbonyl (C=O) groups excluding carboxylic acids is 1. The molecular formula is C32H42O. The predicted octanol–water partition coefficient (Wildman–Crippen LogP) is 9.44. The van der Waals surface area contributed by atoms with Gasteiger partial charge in [0.05, 0.1) is 0 Å². The van der Waals surface area contributed by atoms with Gasteiger partial charge >= 0.3 is 0 Å². The van der Waals surface area contributed by atoms with Crippen molar-refractivity contribution in [1.82, 2.24) is 0 Å². The van der Waals surface area contributed by atoms with E-state index in [-0.39, 0.29) is 0 Å². The van der Waals surface area contributed by atoms with Gasteiger partial charge in [-0.25, -0.2) is 0 Å². The highest BCUT2D eigenvalue weighted by Crippen LogP contribution is 2.07. The number of hydrogen-bond donors (Lipinski definition) is 0. The first-order valence-corrected chi connectivity index (χ1v) is 11.6. The molecule has 0 saturated heterocycles. The molecule has 33 heavy (non-hydrogen) atoms. The minimum Gasteiger partial charge on any atom is -0.299 e. The molecule has 0 spiro atoms. The Morgan fingerprint density at radius 1 is 0.515 bits per heavy atom. The van der Waals surface area contributed by atoms with Crippen LogP contribution in [0.25, 0.3) is 0 Å². The first-order chi connectivity index (χ1) is 15.7. The first-order valence-electron chi connectivity index (χ1n) is 11.6. The van der Waals surface area contributed by atoms with Gasteiger partial charge in [-0.15, -0.1) is 0 Å². The molecule has 0 heterocycles. The van der Waals surface area contributed by atoms with E-state index in [1.807, 2.05) is 37.3 Å². The molecule has 0 aliphatic carbocycles. The summed E-state index contributed by atoms with van der Waals surface area (Å²) in [5.41, 5.74) is 7.38. The molecule has 176 valence electrons. The summed E-state index contributed by atoms with van der Waals surface area (Å²) in [6.07, 6.45) is 35.6. The van der Waals surface area contributed by atoms with E-state index in [4.69, 9.17) is 0 Å². The lowest BCUT2D eigenvalue weighted by Gasteiger charge is -1.96. The van der Waals surface area contributed by atoms with Crippen LogP contribution in [0.4, 0.5) is 0 Å². The highest BCUT2D eigenvalue weighted by Gasteiger charge is 1.87. The first kappa shape index (κ1) is 29.8. The zero-order valence-electron chi connectivity index (χ0n) is 21.6. The predicted molar refractivity (Wildman–Crippen MR) is 149 cm³/mol. The normalized spacial score (nSPS) is 15.2. The third-order valence-corrected chi connectivity index (χ3v) is 4.53. The lowest BCUT2D eigenvalue weighted by atomic mass is 10.1. The molecule has 0 fully saturated rings. The average Bonchev–Trinajstić information content (AvgIpc) is 2.75. The zero-order valence-corrected chi connectivity index (χ0v) is 21.6. The van der Waals surface area contributed by atoms with Crippen LogP contribution in [0.15, 0.2) is 131 Å². The molecule has 1 heteroatoms. The van der Waals surface area contributed by atoms with Crippen molar-refractivity contribution in [3.05, 3.63) is 131 Å². The molecule has 0 saturated carbocycles. The smallest absolute Gasteiger partial charge is 0.142 e. The van der Waals surface area contributed by atoms with Crippen molar-refractivity contribution in [2.45, 2.75) is 61.3 Å². The fourth-order valence-electron chi connectivity index (χ4n) is 2.57. The van der Waals surface area contributed by atoms with Crippen LogP contribution >= 0.6 is 0 Å². The molecule has 0 aromatic carbocycles. The van der Waals surface area contributed by atoms with Crippen LogP contribution in [-0.4, -0.2) is 6.29 Å². The van der Waals surface area contributed by atoms with Gasteiger partial charge in [0.1, 0.15) is 6.29 Å². The Hall–Kier alpha value is -3.19. The van der Waals surface area contributed by atoms with Gasteiger partial charge in [0.25, 0.3) is 0 Å². The minimum absolute atomic E-state index is 0.782. The Kier molecular flexibility index (Phi) is 17.6. The third-order valence-electron chi connectivity index (χ3n) is 4.53. The molecule has 0 rings (SSSR count). The molecule has 0 aromatic heterocycles. The number of carbonyl (C=O) groups is 1. The van der Waals surface area contributed by atoms with E-state index in [1.165, 1.54) is 28.4 Å². The van der Waals surface area contributed by atoms with Crippen LogP contribution in [0.3, 0.4) is 0 Å². The van der Waals surface area contributed by atoms with Crippen molar-refractivity contribution < 1.29 is 4.79 Å². The third kappa shape index (κ3) is 20.5. The van der Waals surface area contributed by atoms with E-state index in [0.717, 1.165) is 30.3 Å². The van der Waals surface area contributed by atoms with Gasteiger partial charge in [-0.05, 0) is 67.4 Å². The summed E-state index contributed by atoms with van der Waals surface area (Å²) in [4.78, 5) is 10.3. The molecule has 0 amide bonds. The van der Waals surface area contributed by atoms with Gasteiger partial charge in [0, 0.05) is 0 Å². The van der Waals surface area contributed by atoms with Crippen molar-refractivity contribution in [1.29, 1.82) is 0 Å². The fourth-order valence-corrected chi connectivity index (χ4v) is 2.57. The van der Waals surface area contributed by atoms with Crippen molar-refractivity contribution >= 4 is 6.29 Å². The van der Waals surface area contributed by atoms with Gasteiger partial charge in [0.2, 0.25) is 0 Å². The lowest BCUT2D eigenvalue weighted by Crippen LogP contribution is -1.76. The van der Waals surface area contributed by atoms with Crippen LogP contribution in [0, 0.1) is 0 Å². The van der Waals surface area contributed by atoms with Gasteiger partial charge < -0.3 is 0 Å². The molecule has 0 N–H and O–H groups in total. The molecule has 0 atom stereocenters. The summed E-state index contributed by atoms with van der Waals surface area (Å²) in [6.45, 7) is 14.7. The second kappa shape index (κ2) is 19.5. The second-order valence-electron chi connectivity index (χ2n) is 8.43. The minimum atomic E-state index is 0.782. The molecule has 0 unspecified atom stereocenters. The highest BCUT2D eigenvalue weighted by atomic mass is 16.1. The molecule has 0 radical (unpaired) electrons. The summed E-state index contributed by atoms with van der Waals surface area (Å²) in [7, 11) is 0. The largest absolute Gasteiger partial charge is 0.299 e. The lowest BCUT2D eigenvalue weighted by molar-refractivity contribution is -0.104. The molecule has 0 aliphatic rings. The monoisotopic (exact) mass is 442 g/mol. The van der Waals surface area contributed by atoms with Crippen molar-refractivity contribution in [3.8, 4) is 0 Å². The summed E-state index contributed by atoms with van der Waals surface area (Å²) >= 11 is 0. The van der Waals surface area contributed by atoms with Crippen LogP contribution in [0.2, 0.25) is 0 Å². The van der Waals surface area contributed by atoms with Crippen LogP contribution in [-0.2, 0) is 4.79 Å². The number of allylic oxidation sites excluding steroid dienone is 22. The van der Waals surface area contributed by atoms with E-state index in [9.17, 15) is 4.79 Å². The molecular weight excluding hydrogens is 400 g/mol. The summed E-state index contributed by atoms with van der Waals surface area (Å²) in [5.74, 6) is 0. The molecule has 0 bridgehead atoms. The Morgan fingerprint density at radius 2 is 0.909 bits per heavy atom. The van der Waals surface area contributed by atoms with Crippen LogP contribution < -0.4 is 0 Å². The Bertz CT molecular complexity index is 925.